The third-order valence-corrected chi connectivity index (χ3v) is 17.4. The van der Waals surface area contributed by atoms with Crippen molar-refractivity contribution in [2.75, 3.05) is 4.90 Å². The summed E-state index contributed by atoms with van der Waals surface area (Å²) in [5.41, 5.74) is 25.6. The highest BCUT2D eigenvalue weighted by Gasteiger charge is 2.59. The quantitative estimate of drug-likeness (QED) is 0.151. The summed E-state index contributed by atoms with van der Waals surface area (Å²) in [7, 11) is 2.19. The van der Waals surface area contributed by atoms with Crippen LogP contribution in [0.2, 0.25) is 0 Å². The first kappa shape index (κ1) is 43.6. The predicted molar refractivity (Wildman–Crippen MR) is 322 cm³/mol. The summed E-state index contributed by atoms with van der Waals surface area (Å²) in [5, 5.41) is 4.94. The maximum absolute atomic E-state index is 2.56. The lowest BCUT2D eigenvalue weighted by Gasteiger charge is -2.49. The Balaban J connectivity index is 0.784. The molecule has 2 heteroatoms. The van der Waals surface area contributed by atoms with Crippen molar-refractivity contribution in [3.8, 4) is 33.4 Å². The summed E-state index contributed by atoms with van der Waals surface area (Å²) in [6, 6.07) is 102. The summed E-state index contributed by atoms with van der Waals surface area (Å²) in [5.74, 6) is 0. The molecule has 3 aliphatic rings. The van der Waals surface area contributed by atoms with Crippen LogP contribution in [-0.2, 0) is 17.9 Å². The van der Waals surface area contributed by atoms with E-state index in [0.717, 1.165) is 17.1 Å². The van der Waals surface area contributed by atoms with E-state index in [4.69, 9.17) is 0 Å². The number of hydrogen-bond acceptors (Lipinski definition) is 1. The number of aromatic nitrogens is 1. The van der Waals surface area contributed by atoms with E-state index in [1.54, 1.807) is 0 Å². The van der Waals surface area contributed by atoms with Crippen LogP contribution in [0.25, 0.3) is 78.1 Å². The number of fused-ring (bicyclic) bond motifs is 20. The first-order valence-corrected chi connectivity index (χ1v) is 26.9. The van der Waals surface area contributed by atoms with Crippen molar-refractivity contribution in [2.45, 2.75) is 10.8 Å². The van der Waals surface area contributed by atoms with Gasteiger partial charge in [0.2, 0.25) is 0 Å². The van der Waals surface area contributed by atoms with Gasteiger partial charge in [0.05, 0.1) is 16.3 Å². The van der Waals surface area contributed by atoms with E-state index in [2.05, 4.69) is 302 Å². The Kier molecular flexibility index (Phi) is 9.42. The Morgan fingerprint density at radius 2 is 0.701 bits per heavy atom. The molecule has 0 saturated heterocycles. The molecule has 16 rings (SSSR count). The summed E-state index contributed by atoms with van der Waals surface area (Å²) < 4.78 is 2.34. The molecule has 0 atom stereocenters. The maximum atomic E-state index is 2.56. The normalized spacial score (nSPS) is 13.9. The van der Waals surface area contributed by atoms with Crippen LogP contribution in [0.4, 0.5) is 17.1 Å². The Hall–Kier alpha value is -9.76. The minimum absolute atomic E-state index is 0.499. The van der Waals surface area contributed by atoms with Crippen molar-refractivity contribution in [1.29, 1.82) is 0 Å². The molecular weight excluding hydrogens is 929 g/mol. The fourth-order valence-corrected chi connectivity index (χ4v) is 14.2. The molecule has 0 N–H and O–H groups in total. The highest BCUT2D eigenvalue weighted by molar-refractivity contribution is 6.10. The first-order chi connectivity index (χ1) is 38.1. The monoisotopic (exact) mass is 978 g/mol. The summed E-state index contributed by atoms with van der Waals surface area (Å²) >= 11 is 0. The van der Waals surface area contributed by atoms with E-state index in [-0.39, 0.29) is 0 Å². The van der Waals surface area contributed by atoms with Crippen LogP contribution in [0.5, 0.6) is 0 Å². The second-order valence-corrected chi connectivity index (χ2v) is 21.2. The minimum atomic E-state index is -0.528. The second kappa shape index (κ2) is 16.6. The number of hydrogen-bond donors (Lipinski definition) is 0. The van der Waals surface area contributed by atoms with E-state index in [0.29, 0.717) is 0 Å². The molecule has 0 bridgehead atoms. The molecule has 0 unspecified atom stereocenters. The van der Waals surface area contributed by atoms with Gasteiger partial charge in [0, 0.05) is 40.4 Å². The summed E-state index contributed by atoms with van der Waals surface area (Å²) in [4.78, 5) is 2.33. The average molecular weight is 979 g/mol. The van der Waals surface area contributed by atoms with E-state index in [1.165, 1.54) is 122 Å². The molecule has 0 radical (unpaired) electrons. The van der Waals surface area contributed by atoms with Crippen LogP contribution >= 0.6 is 0 Å². The first-order valence-electron chi connectivity index (χ1n) is 26.9. The van der Waals surface area contributed by atoms with Gasteiger partial charge in [0.15, 0.2) is 0 Å². The molecule has 77 heavy (non-hydrogen) atoms. The Bertz CT molecular complexity index is 4460. The van der Waals surface area contributed by atoms with Crippen LogP contribution in [0.15, 0.2) is 273 Å². The van der Waals surface area contributed by atoms with Crippen molar-refractivity contribution in [3.05, 3.63) is 329 Å². The Labute approximate surface area is 448 Å². The predicted octanol–water partition coefficient (Wildman–Crippen LogP) is 18.8. The molecule has 0 saturated carbocycles. The molecular formula is C75H50N2. The van der Waals surface area contributed by atoms with Gasteiger partial charge in [0.1, 0.15) is 0 Å². The zero-order valence-corrected chi connectivity index (χ0v) is 42.5. The number of rotatable bonds is 6. The van der Waals surface area contributed by atoms with Crippen molar-refractivity contribution >= 4 is 61.8 Å². The molecule has 1 heterocycles. The zero-order valence-electron chi connectivity index (χ0n) is 42.5. The van der Waals surface area contributed by atoms with E-state index in [1.807, 2.05) is 0 Å². The van der Waals surface area contributed by atoms with E-state index in [9.17, 15) is 0 Å². The van der Waals surface area contributed by atoms with Gasteiger partial charge in [-0.15, -0.1) is 0 Å². The summed E-state index contributed by atoms with van der Waals surface area (Å²) in [6.45, 7) is 0. The molecule has 0 aliphatic heterocycles. The molecule has 3 aliphatic carbocycles. The lowest BCUT2D eigenvalue weighted by molar-refractivity contribution is 0.633. The van der Waals surface area contributed by atoms with Gasteiger partial charge >= 0.3 is 0 Å². The third-order valence-electron chi connectivity index (χ3n) is 17.4. The van der Waals surface area contributed by atoms with Gasteiger partial charge in [-0.25, -0.2) is 0 Å². The third kappa shape index (κ3) is 6.13. The van der Waals surface area contributed by atoms with Gasteiger partial charge in [-0.3, -0.25) is 0 Å². The highest BCUT2D eigenvalue weighted by atomic mass is 15.1. The molecule has 360 valence electrons. The zero-order chi connectivity index (χ0) is 50.8. The topological polar surface area (TPSA) is 8.17 Å². The van der Waals surface area contributed by atoms with Crippen molar-refractivity contribution in [2.24, 2.45) is 7.05 Å². The fourth-order valence-electron chi connectivity index (χ4n) is 14.2. The lowest BCUT2D eigenvalue weighted by atomic mass is 9.52. The summed E-state index contributed by atoms with van der Waals surface area (Å²) in [6.07, 6.45) is 4.50. The molecule has 13 aromatic rings. The van der Waals surface area contributed by atoms with Gasteiger partial charge in [-0.1, -0.05) is 224 Å². The van der Waals surface area contributed by atoms with Gasteiger partial charge in [-0.05, 0) is 160 Å². The number of aryl methyl sites for hydroxylation is 1. The maximum Gasteiger partial charge on any atom is 0.0720 e. The van der Waals surface area contributed by atoms with Crippen molar-refractivity contribution in [1.82, 2.24) is 4.57 Å². The van der Waals surface area contributed by atoms with Crippen molar-refractivity contribution in [3.63, 3.8) is 0 Å². The molecule has 2 nitrogen and oxygen atoms in total. The molecule has 12 aromatic carbocycles. The number of benzene rings is 12. The van der Waals surface area contributed by atoms with Gasteiger partial charge in [-0.2, -0.15) is 0 Å². The molecule has 1 aromatic heterocycles. The number of para-hydroxylation sites is 2. The largest absolute Gasteiger partial charge is 0.344 e. The van der Waals surface area contributed by atoms with Crippen LogP contribution in [0.3, 0.4) is 0 Å². The minimum Gasteiger partial charge on any atom is -0.344 e. The van der Waals surface area contributed by atoms with Crippen molar-refractivity contribution < 1.29 is 0 Å². The number of anilines is 3. The standard InChI is InChI=1S/C75H50N2/c1-76-72-45-50(35-41-62(72)63-42-40-57(48-73(63)76)77(55-18-4-2-5-19-55)56-20-6-3-7-21-56)33-32-49-34-36-52-46-53(38-37-51(52)44-49)54-39-43-70-71(47-54)75(66-28-14-10-24-60(66)61-25-11-15-29-67(61)75)69-31-17-16-30-68(69)74(70)64-26-12-8-22-58(64)59-23-9-13-27-65(59)74/h2-48H,1H3/b33-32+. The van der Waals surface area contributed by atoms with E-state index < -0.39 is 10.8 Å². The molecule has 0 amide bonds. The van der Waals surface area contributed by atoms with Crippen LogP contribution in [0.1, 0.15) is 55.6 Å². The average Bonchev–Trinajstić information content (AvgIpc) is 3.45. The second-order valence-electron chi connectivity index (χ2n) is 21.2. The number of nitrogens with zero attached hydrogens (tertiary/aromatic N) is 2. The lowest BCUT2D eigenvalue weighted by Crippen LogP contribution is -2.43. The van der Waals surface area contributed by atoms with Crippen LogP contribution in [-0.4, -0.2) is 4.57 Å². The highest BCUT2D eigenvalue weighted by Crippen LogP contribution is 2.67. The Morgan fingerprint density at radius 1 is 0.299 bits per heavy atom. The fraction of sp³-hybridized carbons (Fsp3) is 0.0400. The van der Waals surface area contributed by atoms with Crippen LogP contribution in [0, 0.1) is 0 Å². The van der Waals surface area contributed by atoms with Crippen LogP contribution < -0.4 is 4.90 Å². The molecule has 2 spiro atoms. The van der Waals surface area contributed by atoms with E-state index >= 15 is 0 Å². The SMILES string of the molecule is Cn1c2cc(/C=C/c3ccc4cc(-c5ccc6c(c5)C5(c7ccccc7-c7ccccc75)c5ccccc5C65c6ccccc6-c6ccccc65)ccc4c3)ccc2c2ccc(N(c3ccccc3)c3ccccc3)cc21. The van der Waals surface area contributed by atoms with Gasteiger partial charge < -0.3 is 9.47 Å². The molecule has 0 fully saturated rings. The van der Waals surface area contributed by atoms with Gasteiger partial charge in [0.25, 0.3) is 0 Å². The smallest absolute Gasteiger partial charge is 0.0720 e. The Morgan fingerprint density at radius 3 is 1.27 bits per heavy atom.